The van der Waals surface area contributed by atoms with E-state index >= 15 is 0 Å². The minimum Gasteiger partial charge on any atom is -0.487 e. The minimum absolute atomic E-state index is 0.283. The normalized spacial score (nSPS) is 21.5. The van der Waals surface area contributed by atoms with Gasteiger partial charge in [-0.05, 0) is 12.5 Å². The summed E-state index contributed by atoms with van der Waals surface area (Å²) in [6, 6.07) is 2.00. The molecule has 70 valence electrons. The Hall–Kier alpha value is -1.09. The smallest absolute Gasteiger partial charge is 0.142 e. The van der Waals surface area contributed by atoms with Crippen LogP contribution in [0.25, 0.3) is 0 Å². The van der Waals surface area contributed by atoms with Gasteiger partial charge in [0.15, 0.2) is 0 Å². The molecule has 3 heteroatoms. The van der Waals surface area contributed by atoms with Crippen LogP contribution in [0.4, 0.5) is 0 Å². The van der Waals surface area contributed by atoms with Crippen LogP contribution in [0, 0.1) is 0 Å². The van der Waals surface area contributed by atoms with Gasteiger partial charge >= 0.3 is 0 Å². The highest BCUT2D eigenvalue weighted by molar-refractivity contribution is 5.30. The fraction of sp³-hybridized carbons (Fsp3) is 0.500. The molecule has 3 nitrogen and oxygen atoms in total. The average molecular weight is 178 g/mol. The number of nitrogens with zero attached hydrogens (tertiary/aromatic N) is 1. The number of nitrogens with one attached hydrogen (secondary N) is 1. The number of fused-ring (bicyclic) bond motifs is 1. The van der Waals surface area contributed by atoms with E-state index in [2.05, 4.69) is 17.2 Å². The number of pyridine rings is 1. The highest BCUT2D eigenvalue weighted by atomic mass is 16.5. The predicted octanol–water partition coefficient (Wildman–Crippen LogP) is 1.34. The zero-order chi connectivity index (χ0) is 9.10. The van der Waals surface area contributed by atoms with E-state index in [4.69, 9.17) is 4.74 Å². The van der Waals surface area contributed by atoms with Crippen molar-refractivity contribution in [1.82, 2.24) is 10.3 Å². The van der Waals surface area contributed by atoms with Crippen LogP contribution in [0.15, 0.2) is 18.5 Å². The summed E-state index contributed by atoms with van der Waals surface area (Å²) < 4.78 is 5.78. The molecule has 0 amide bonds. The lowest BCUT2D eigenvalue weighted by Gasteiger charge is -2.14. The third-order valence-electron chi connectivity index (χ3n) is 2.31. The van der Waals surface area contributed by atoms with Crippen LogP contribution in [0.3, 0.4) is 0 Å². The van der Waals surface area contributed by atoms with Crippen molar-refractivity contribution >= 4 is 0 Å². The molecule has 0 spiro atoms. The Morgan fingerprint density at radius 3 is 3.46 bits per heavy atom. The summed E-state index contributed by atoms with van der Waals surface area (Å²) in [6.07, 6.45) is 4.91. The second kappa shape index (κ2) is 3.75. The predicted molar refractivity (Wildman–Crippen MR) is 50.7 cm³/mol. The molecule has 1 aliphatic heterocycles. The van der Waals surface area contributed by atoms with Crippen molar-refractivity contribution in [3.05, 3.63) is 24.0 Å². The minimum atomic E-state index is 0.283. The van der Waals surface area contributed by atoms with Gasteiger partial charge in [0.1, 0.15) is 11.9 Å². The second-order valence-corrected chi connectivity index (χ2v) is 3.26. The van der Waals surface area contributed by atoms with E-state index in [1.54, 1.807) is 12.4 Å². The largest absolute Gasteiger partial charge is 0.487 e. The van der Waals surface area contributed by atoms with E-state index in [1.165, 1.54) is 5.56 Å². The Balaban J connectivity index is 2.23. The van der Waals surface area contributed by atoms with Crippen molar-refractivity contribution < 1.29 is 4.74 Å². The van der Waals surface area contributed by atoms with Gasteiger partial charge in [0.2, 0.25) is 0 Å². The Morgan fingerprint density at radius 2 is 2.62 bits per heavy atom. The molecule has 0 aliphatic carbocycles. The zero-order valence-corrected chi connectivity index (χ0v) is 7.79. The third-order valence-corrected chi connectivity index (χ3v) is 2.31. The van der Waals surface area contributed by atoms with Crippen LogP contribution in [0.2, 0.25) is 0 Å². The lowest BCUT2D eigenvalue weighted by Crippen LogP contribution is -2.27. The first-order chi connectivity index (χ1) is 6.40. The summed E-state index contributed by atoms with van der Waals surface area (Å²) in [5, 5.41) is 3.35. The van der Waals surface area contributed by atoms with Crippen LogP contribution in [0.1, 0.15) is 18.9 Å². The van der Waals surface area contributed by atoms with Crippen LogP contribution in [0.5, 0.6) is 5.75 Å². The van der Waals surface area contributed by atoms with Crippen molar-refractivity contribution in [1.29, 1.82) is 0 Å². The van der Waals surface area contributed by atoms with E-state index in [9.17, 15) is 0 Å². The first kappa shape index (κ1) is 8.51. The molecule has 0 saturated heterocycles. The molecule has 1 unspecified atom stereocenters. The van der Waals surface area contributed by atoms with Crippen LogP contribution < -0.4 is 10.1 Å². The van der Waals surface area contributed by atoms with Crippen LogP contribution in [-0.2, 0) is 6.54 Å². The molecule has 0 fully saturated rings. The number of hydrogen-bond acceptors (Lipinski definition) is 3. The summed E-state index contributed by atoms with van der Waals surface area (Å²) >= 11 is 0. The van der Waals surface area contributed by atoms with Crippen molar-refractivity contribution in [3.8, 4) is 5.75 Å². The zero-order valence-electron chi connectivity index (χ0n) is 7.79. The quantitative estimate of drug-likeness (QED) is 0.704. The van der Waals surface area contributed by atoms with E-state index in [0.717, 1.165) is 25.3 Å². The molecule has 1 aliphatic rings. The van der Waals surface area contributed by atoms with Gasteiger partial charge in [-0.25, -0.2) is 0 Å². The Labute approximate surface area is 78.1 Å². The maximum Gasteiger partial charge on any atom is 0.142 e. The maximum absolute atomic E-state index is 5.78. The van der Waals surface area contributed by atoms with Crippen molar-refractivity contribution in [2.75, 3.05) is 6.54 Å². The molecule has 2 heterocycles. The van der Waals surface area contributed by atoms with E-state index < -0.39 is 0 Å². The number of aromatic nitrogens is 1. The van der Waals surface area contributed by atoms with Crippen LogP contribution >= 0.6 is 0 Å². The van der Waals surface area contributed by atoms with E-state index in [-0.39, 0.29) is 6.10 Å². The molecular formula is C10H14N2O. The van der Waals surface area contributed by atoms with E-state index in [0.29, 0.717) is 0 Å². The standard InChI is InChI=1S/C10H14N2O/c1-2-9-6-12-5-8-3-4-11-7-10(8)13-9/h3-4,7,9,12H,2,5-6H2,1H3. The Morgan fingerprint density at radius 1 is 1.69 bits per heavy atom. The van der Waals surface area contributed by atoms with Crippen molar-refractivity contribution in [2.24, 2.45) is 0 Å². The van der Waals surface area contributed by atoms with Gasteiger partial charge < -0.3 is 10.1 Å². The maximum atomic E-state index is 5.78. The first-order valence-corrected chi connectivity index (χ1v) is 4.70. The summed E-state index contributed by atoms with van der Waals surface area (Å²) in [4.78, 5) is 4.06. The van der Waals surface area contributed by atoms with Gasteiger partial charge in [-0.15, -0.1) is 0 Å². The van der Waals surface area contributed by atoms with Crippen molar-refractivity contribution in [3.63, 3.8) is 0 Å². The summed E-state index contributed by atoms with van der Waals surface area (Å²) in [6.45, 7) is 3.94. The van der Waals surface area contributed by atoms with Crippen molar-refractivity contribution in [2.45, 2.75) is 26.0 Å². The molecular weight excluding hydrogens is 164 g/mol. The lowest BCUT2D eigenvalue weighted by atomic mass is 10.2. The highest BCUT2D eigenvalue weighted by Gasteiger charge is 2.14. The Bertz CT molecular complexity index is 288. The lowest BCUT2D eigenvalue weighted by molar-refractivity contribution is 0.201. The number of hydrogen-bond donors (Lipinski definition) is 1. The highest BCUT2D eigenvalue weighted by Crippen LogP contribution is 2.20. The monoisotopic (exact) mass is 178 g/mol. The van der Waals surface area contributed by atoms with Gasteiger partial charge in [-0.3, -0.25) is 4.98 Å². The molecule has 1 aromatic heterocycles. The molecule has 0 aromatic carbocycles. The molecule has 0 bridgehead atoms. The summed E-state index contributed by atoms with van der Waals surface area (Å²) in [5.41, 5.74) is 1.20. The topological polar surface area (TPSA) is 34.2 Å². The number of rotatable bonds is 1. The van der Waals surface area contributed by atoms with Gasteiger partial charge in [0.05, 0.1) is 6.20 Å². The molecule has 13 heavy (non-hydrogen) atoms. The fourth-order valence-corrected chi connectivity index (χ4v) is 1.48. The molecule has 0 radical (unpaired) electrons. The second-order valence-electron chi connectivity index (χ2n) is 3.26. The fourth-order valence-electron chi connectivity index (χ4n) is 1.48. The molecule has 1 atom stereocenters. The van der Waals surface area contributed by atoms with Gasteiger partial charge in [-0.2, -0.15) is 0 Å². The molecule has 1 N–H and O–H groups in total. The van der Waals surface area contributed by atoms with Gasteiger partial charge in [0, 0.05) is 24.8 Å². The SMILES string of the molecule is CCC1CNCc2ccncc2O1. The third kappa shape index (κ3) is 1.80. The summed E-state index contributed by atoms with van der Waals surface area (Å²) in [7, 11) is 0. The van der Waals surface area contributed by atoms with E-state index in [1.807, 2.05) is 6.07 Å². The van der Waals surface area contributed by atoms with Crippen LogP contribution in [-0.4, -0.2) is 17.6 Å². The molecule has 2 rings (SSSR count). The molecule has 0 saturated carbocycles. The van der Waals surface area contributed by atoms with Gasteiger partial charge in [-0.1, -0.05) is 6.92 Å². The van der Waals surface area contributed by atoms with Gasteiger partial charge in [0.25, 0.3) is 0 Å². The molecule has 1 aromatic rings. The first-order valence-electron chi connectivity index (χ1n) is 4.70. The average Bonchev–Trinajstić information content (AvgIpc) is 2.38. The number of ether oxygens (including phenoxy) is 1. The summed E-state index contributed by atoms with van der Waals surface area (Å²) in [5.74, 6) is 0.930. The Kier molecular flexibility index (Phi) is 2.45.